The Morgan fingerprint density at radius 2 is 1.85 bits per heavy atom. The molecule has 2 rings (SSSR count). The van der Waals surface area contributed by atoms with Crippen LogP contribution in [0.3, 0.4) is 0 Å². The molecule has 0 unspecified atom stereocenters. The molecule has 0 fully saturated rings. The first-order valence-corrected chi connectivity index (χ1v) is 6.75. The van der Waals surface area contributed by atoms with E-state index in [0.29, 0.717) is 16.7 Å². The molecule has 104 valence electrons. The lowest BCUT2D eigenvalue weighted by Crippen LogP contribution is -2.23. The van der Waals surface area contributed by atoms with Crippen molar-refractivity contribution in [2.24, 2.45) is 0 Å². The quantitative estimate of drug-likeness (QED) is 0.900. The van der Waals surface area contributed by atoms with Gasteiger partial charge in [-0.2, -0.15) is 0 Å². The third kappa shape index (κ3) is 3.42. The Morgan fingerprint density at radius 1 is 1.15 bits per heavy atom. The molecule has 0 aliphatic heterocycles. The minimum Gasteiger partial charge on any atom is -0.348 e. The number of aryl methyl sites for hydroxylation is 1. The van der Waals surface area contributed by atoms with E-state index in [-0.39, 0.29) is 24.1 Å². The average Bonchev–Trinajstić information content (AvgIpc) is 2.42. The number of amides is 1. The second-order valence-electron chi connectivity index (χ2n) is 4.38. The van der Waals surface area contributed by atoms with Gasteiger partial charge in [0.2, 0.25) is 0 Å². The molecule has 0 saturated carbocycles. The fourth-order valence-corrected chi connectivity index (χ4v) is 2.15. The highest BCUT2D eigenvalue weighted by Gasteiger charge is 2.09. The molecule has 0 radical (unpaired) electrons. The number of nitrogens with one attached hydrogen (secondary N) is 1. The minimum absolute atomic E-state index is 0.0700. The number of carbonyl (C=O) groups excluding carboxylic acids is 1. The lowest BCUT2D eigenvalue weighted by molar-refractivity contribution is 0.0950. The van der Waals surface area contributed by atoms with Crippen molar-refractivity contribution in [3.8, 4) is 0 Å². The summed E-state index contributed by atoms with van der Waals surface area (Å²) in [4.78, 5) is 11.9. The SMILES string of the molecule is Cc1cc(C(=O)NCc2cc(Br)ccc2F)ccc1F. The van der Waals surface area contributed by atoms with Gasteiger partial charge < -0.3 is 5.32 Å². The van der Waals surface area contributed by atoms with E-state index in [9.17, 15) is 13.6 Å². The zero-order chi connectivity index (χ0) is 14.7. The summed E-state index contributed by atoms with van der Waals surface area (Å²) in [6, 6.07) is 8.62. The van der Waals surface area contributed by atoms with Gasteiger partial charge in [-0.1, -0.05) is 15.9 Å². The van der Waals surface area contributed by atoms with Crippen molar-refractivity contribution >= 4 is 21.8 Å². The van der Waals surface area contributed by atoms with Gasteiger partial charge in [0.05, 0.1) is 0 Å². The van der Waals surface area contributed by atoms with Crippen molar-refractivity contribution in [3.63, 3.8) is 0 Å². The van der Waals surface area contributed by atoms with Crippen LogP contribution in [0.4, 0.5) is 8.78 Å². The van der Waals surface area contributed by atoms with Crippen molar-refractivity contribution in [3.05, 3.63) is 69.2 Å². The van der Waals surface area contributed by atoms with Crippen LogP contribution in [-0.2, 0) is 6.54 Å². The number of carbonyl (C=O) groups is 1. The highest BCUT2D eigenvalue weighted by Crippen LogP contribution is 2.15. The molecular formula is C15H12BrF2NO. The summed E-state index contributed by atoms with van der Waals surface area (Å²) in [6.45, 7) is 1.65. The van der Waals surface area contributed by atoms with Gasteiger partial charge in [-0.25, -0.2) is 8.78 Å². The summed E-state index contributed by atoms with van der Waals surface area (Å²) in [7, 11) is 0. The zero-order valence-electron chi connectivity index (χ0n) is 10.7. The Bertz CT molecular complexity index is 658. The van der Waals surface area contributed by atoms with E-state index in [2.05, 4.69) is 21.2 Å². The van der Waals surface area contributed by atoms with E-state index in [1.807, 2.05) is 0 Å². The van der Waals surface area contributed by atoms with Crippen LogP contribution in [0.15, 0.2) is 40.9 Å². The second kappa shape index (κ2) is 6.13. The summed E-state index contributed by atoms with van der Waals surface area (Å²) in [5.41, 5.74) is 1.12. The molecule has 0 saturated heterocycles. The Hall–Kier alpha value is -1.75. The van der Waals surface area contributed by atoms with Crippen LogP contribution in [0.1, 0.15) is 21.5 Å². The molecule has 2 aromatic carbocycles. The standard InChI is InChI=1S/C15H12BrF2NO/c1-9-6-10(2-4-13(9)17)15(20)19-8-11-7-12(16)3-5-14(11)18/h2-7H,8H2,1H3,(H,19,20). The van der Waals surface area contributed by atoms with Gasteiger partial charge in [-0.3, -0.25) is 4.79 Å². The molecule has 5 heteroatoms. The minimum atomic E-state index is -0.385. The summed E-state index contributed by atoms with van der Waals surface area (Å²) >= 11 is 3.24. The van der Waals surface area contributed by atoms with Crippen molar-refractivity contribution in [2.75, 3.05) is 0 Å². The molecule has 0 aliphatic carbocycles. The summed E-state index contributed by atoms with van der Waals surface area (Å²) in [6.07, 6.45) is 0. The Labute approximate surface area is 123 Å². The maximum Gasteiger partial charge on any atom is 0.251 e. The van der Waals surface area contributed by atoms with Crippen molar-refractivity contribution < 1.29 is 13.6 Å². The number of halogens is 3. The average molecular weight is 340 g/mol. The predicted octanol–water partition coefficient (Wildman–Crippen LogP) is 3.97. The largest absolute Gasteiger partial charge is 0.348 e. The van der Waals surface area contributed by atoms with Gasteiger partial charge >= 0.3 is 0 Å². The molecule has 20 heavy (non-hydrogen) atoms. The summed E-state index contributed by atoms with van der Waals surface area (Å²) in [5.74, 6) is -1.11. The number of hydrogen-bond acceptors (Lipinski definition) is 1. The third-order valence-corrected chi connectivity index (χ3v) is 3.36. The van der Waals surface area contributed by atoms with Gasteiger partial charge in [0.15, 0.2) is 0 Å². The Kier molecular flexibility index (Phi) is 4.49. The first-order valence-electron chi connectivity index (χ1n) is 5.95. The van der Waals surface area contributed by atoms with Gasteiger partial charge in [0, 0.05) is 22.1 Å². The molecule has 1 amide bonds. The first-order chi connectivity index (χ1) is 9.47. The molecule has 0 aromatic heterocycles. The maximum atomic E-state index is 13.5. The third-order valence-electron chi connectivity index (χ3n) is 2.87. The topological polar surface area (TPSA) is 29.1 Å². The van der Waals surface area contributed by atoms with Crippen LogP contribution in [0.25, 0.3) is 0 Å². The van der Waals surface area contributed by atoms with E-state index in [1.165, 1.54) is 24.3 Å². The van der Waals surface area contributed by atoms with E-state index in [1.54, 1.807) is 19.1 Å². The van der Waals surface area contributed by atoms with Gasteiger partial charge in [0.25, 0.3) is 5.91 Å². The Balaban J connectivity index is 2.08. The molecule has 0 atom stereocenters. The van der Waals surface area contributed by atoms with Crippen molar-refractivity contribution in [2.45, 2.75) is 13.5 Å². The van der Waals surface area contributed by atoms with Crippen LogP contribution < -0.4 is 5.32 Å². The molecule has 0 spiro atoms. The van der Waals surface area contributed by atoms with Crippen LogP contribution >= 0.6 is 15.9 Å². The van der Waals surface area contributed by atoms with Crippen LogP contribution in [0.2, 0.25) is 0 Å². The summed E-state index contributed by atoms with van der Waals surface area (Å²) in [5, 5.41) is 2.61. The molecular weight excluding hydrogens is 328 g/mol. The smallest absolute Gasteiger partial charge is 0.251 e. The van der Waals surface area contributed by atoms with Gasteiger partial charge in [-0.05, 0) is 48.9 Å². The predicted molar refractivity (Wildman–Crippen MR) is 76.4 cm³/mol. The molecule has 0 aliphatic rings. The molecule has 2 nitrogen and oxygen atoms in total. The number of rotatable bonds is 3. The van der Waals surface area contributed by atoms with E-state index < -0.39 is 0 Å². The fourth-order valence-electron chi connectivity index (χ4n) is 1.74. The lowest BCUT2D eigenvalue weighted by atomic mass is 10.1. The van der Waals surface area contributed by atoms with Crippen LogP contribution in [0.5, 0.6) is 0 Å². The lowest BCUT2D eigenvalue weighted by Gasteiger charge is -2.08. The van der Waals surface area contributed by atoms with Crippen molar-refractivity contribution in [1.29, 1.82) is 0 Å². The molecule has 0 bridgehead atoms. The Morgan fingerprint density at radius 3 is 2.55 bits per heavy atom. The van der Waals surface area contributed by atoms with Crippen LogP contribution in [-0.4, -0.2) is 5.91 Å². The number of hydrogen-bond donors (Lipinski definition) is 1. The number of benzene rings is 2. The van der Waals surface area contributed by atoms with E-state index in [4.69, 9.17) is 0 Å². The van der Waals surface area contributed by atoms with Gasteiger partial charge in [-0.15, -0.1) is 0 Å². The van der Waals surface area contributed by atoms with E-state index in [0.717, 1.165) is 4.47 Å². The van der Waals surface area contributed by atoms with Crippen LogP contribution in [0, 0.1) is 18.6 Å². The maximum absolute atomic E-state index is 13.5. The molecule has 1 N–H and O–H groups in total. The summed E-state index contributed by atoms with van der Waals surface area (Å²) < 4.78 is 27.4. The molecule has 2 aromatic rings. The second-order valence-corrected chi connectivity index (χ2v) is 5.30. The first kappa shape index (κ1) is 14.7. The van der Waals surface area contributed by atoms with Crippen molar-refractivity contribution in [1.82, 2.24) is 5.32 Å². The monoisotopic (exact) mass is 339 g/mol. The van der Waals surface area contributed by atoms with Gasteiger partial charge in [0.1, 0.15) is 11.6 Å². The van der Waals surface area contributed by atoms with E-state index >= 15 is 0 Å². The molecule has 0 heterocycles. The fraction of sp³-hybridized carbons (Fsp3) is 0.133. The normalized spacial score (nSPS) is 10.4. The highest BCUT2D eigenvalue weighted by atomic mass is 79.9. The zero-order valence-corrected chi connectivity index (χ0v) is 12.3. The highest BCUT2D eigenvalue weighted by molar-refractivity contribution is 9.10.